The van der Waals surface area contributed by atoms with Gasteiger partial charge in [0.25, 0.3) is 0 Å². The van der Waals surface area contributed by atoms with Gasteiger partial charge >= 0.3 is 0 Å². The van der Waals surface area contributed by atoms with Crippen LogP contribution >= 0.6 is 22.7 Å². The maximum absolute atomic E-state index is 11.8. The minimum Gasteiger partial charge on any atom is -0.467 e. The Kier molecular flexibility index (Phi) is 3.82. The second-order valence-corrected chi connectivity index (χ2v) is 7.50. The normalized spacial score (nSPS) is 17.3. The number of aromatic nitrogens is 1. The highest BCUT2D eigenvalue weighted by atomic mass is 32.1. The fourth-order valence-corrected chi connectivity index (χ4v) is 4.47. The lowest BCUT2D eigenvalue weighted by molar-refractivity contribution is 0.102. The van der Waals surface area contributed by atoms with E-state index in [-0.39, 0.29) is 11.8 Å². The van der Waals surface area contributed by atoms with E-state index in [4.69, 9.17) is 9.52 Å². The van der Waals surface area contributed by atoms with Crippen molar-refractivity contribution >= 4 is 39.3 Å². The number of thiazole rings is 1. The number of thiophene rings is 1. The molecule has 1 aliphatic heterocycles. The molecule has 0 radical (unpaired) electrons. The standard InChI is InChI=1S/C17H15N3O2S2/c1-10-16(11(2)21)24-17(18-10)20-13(14-5-3-7-22-14)9-12(19-20)15-6-4-8-23-15/h3-8,13H,9H2,1-2H3/t13-/m1/s1. The number of anilines is 1. The van der Waals surface area contributed by atoms with Crippen molar-refractivity contribution in [3.8, 4) is 0 Å². The first-order chi connectivity index (χ1) is 11.6. The zero-order valence-electron chi connectivity index (χ0n) is 13.2. The first-order valence-corrected chi connectivity index (χ1v) is 9.25. The second-order valence-electron chi connectivity index (χ2n) is 5.57. The van der Waals surface area contributed by atoms with E-state index in [2.05, 4.69) is 11.1 Å². The average Bonchev–Trinajstić information content (AvgIpc) is 3.32. The van der Waals surface area contributed by atoms with Gasteiger partial charge in [-0.25, -0.2) is 9.99 Å². The predicted octanol–water partition coefficient (Wildman–Crippen LogP) is 4.66. The van der Waals surface area contributed by atoms with Gasteiger partial charge in [-0.15, -0.1) is 11.3 Å². The van der Waals surface area contributed by atoms with E-state index in [0.717, 1.165) is 33.6 Å². The SMILES string of the molecule is CC(=O)c1sc(N2N=C(c3cccs3)C[C@@H]2c2ccco2)nc1C. The fourth-order valence-electron chi connectivity index (χ4n) is 2.79. The molecule has 0 spiro atoms. The van der Waals surface area contributed by atoms with Crippen LogP contribution < -0.4 is 5.01 Å². The van der Waals surface area contributed by atoms with Crippen molar-refractivity contribution in [2.24, 2.45) is 5.10 Å². The number of nitrogens with zero attached hydrogens (tertiary/aromatic N) is 3. The quantitative estimate of drug-likeness (QED) is 0.637. The topological polar surface area (TPSA) is 58.7 Å². The number of hydrazone groups is 1. The summed E-state index contributed by atoms with van der Waals surface area (Å²) in [7, 11) is 0. The third-order valence-electron chi connectivity index (χ3n) is 3.89. The van der Waals surface area contributed by atoms with Crippen LogP contribution in [0.4, 0.5) is 5.13 Å². The summed E-state index contributed by atoms with van der Waals surface area (Å²) in [5.74, 6) is 0.884. The molecule has 7 heteroatoms. The fraction of sp³-hybridized carbons (Fsp3) is 0.235. The first kappa shape index (κ1) is 15.3. The van der Waals surface area contributed by atoms with Crippen molar-refractivity contribution in [3.05, 3.63) is 57.1 Å². The van der Waals surface area contributed by atoms with Gasteiger partial charge in [0, 0.05) is 13.3 Å². The summed E-state index contributed by atoms with van der Waals surface area (Å²) in [5, 5.41) is 9.45. The van der Waals surface area contributed by atoms with E-state index in [1.807, 2.05) is 35.5 Å². The molecule has 0 N–H and O–H groups in total. The monoisotopic (exact) mass is 357 g/mol. The van der Waals surface area contributed by atoms with Crippen LogP contribution in [0.15, 0.2) is 45.4 Å². The summed E-state index contributed by atoms with van der Waals surface area (Å²) in [6.45, 7) is 3.43. The number of Topliss-reactive ketones (excluding diaryl/α,β-unsaturated/α-hetero) is 1. The highest BCUT2D eigenvalue weighted by Gasteiger charge is 2.34. The van der Waals surface area contributed by atoms with Crippen molar-refractivity contribution in [2.75, 3.05) is 5.01 Å². The van der Waals surface area contributed by atoms with Crippen LogP contribution in [0, 0.1) is 6.92 Å². The van der Waals surface area contributed by atoms with E-state index in [1.165, 1.54) is 11.3 Å². The number of furan rings is 1. The molecule has 3 aromatic rings. The van der Waals surface area contributed by atoms with Gasteiger partial charge in [0.05, 0.1) is 27.4 Å². The number of carbonyl (C=O) groups excluding carboxylic acids is 1. The predicted molar refractivity (Wildman–Crippen MR) is 96.3 cm³/mol. The van der Waals surface area contributed by atoms with Gasteiger partial charge in [0.15, 0.2) is 5.78 Å². The molecule has 4 heterocycles. The van der Waals surface area contributed by atoms with Crippen LogP contribution in [-0.2, 0) is 0 Å². The highest BCUT2D eigenvalue weighted by molar-refractivity contribution is 7.17. The highest BCUT2D eigenvalue weighted by Crippen LogP contribution is 2.40. The van der Waals surface area contributed by atoms with Crippen LogP contribution in [-0.4, -0.2) is 16.5 Å². The molecule has 0 saturated carbocycles. The molecule has 24 heavy (non-hydrogen) atoms. The van der Waals surface area contributed by atoms with Crippen molar-refractivity contribution in [1.82, 2.24) is 4.98 Å². The minimum absolute atomic E-state index is 0.0347. The number of rotatable bonds is 4. The molecule has 0 bridgehead atoms. The lowest BCUT2D eigenvalue weighted by Gasteiger charge is -2.18. The first-order valence-electron chi connectivity index (χ1n) is 7.56. The largest absolute Gasteiger partial charge is 0.467 e. The van der Waals surface area contributed by atoms with E-state index < -0.39 is 0 Å². The smallest absolute Gasteiger partial charge is 0.207 e. The molecule has 122 valence electrons. The zero-order valence-corrected chi connectivity index (χ0v) is 14.9. The summed E-state index contributed by atoms with van der Waals surface area (Å²) in [6.07, 6.45) is 2.42. The molecule has 0 unspecified atom stereocenters. The van der Waals surface area contributed by atoms with E-state index in [9.17, 15) is 4.79 Å². The molecule has 0 saturated heterocycles. The molecular weight excluding hydrogens is 342 g/mol. The van der Waals surface area contributed by atoms with Gasteiger partial charge in [-0.05, 0) is 30.5 Å². The number of carbonyl (C=O) groups is 1. The molecular formula is C17H15N3O2S2. The van der Waals surface area contributed by atoms with Gasteiger partial charge in [-0.2, -0.15) is 5.10 Å². The van der Waals surface area contributed by atoms with Gasteiger partial charge in [-0.1, -0.05) is 17.4 Å². The van der Waals surface area contributed by atoms with Crippen LogP contribution in [0.1, 0.15) is 45.4 Å². The Morgan fingerprint density at radius 2 is 2.25 bits per heavy atom. The van der Waals surface area contributed by atoms with Gasteiger partial charge in [-0.3, -0.25) is 4.79 Å². The van der Waals surface area contributed by atoms with Gasteiger partial charge in [0.1, 0.15) is 11.8 Å². The molecule has 0 aliphatic carbocycles. The third-order valence-corrected chi connectivity index (χ3v) is 6.06. The molecule has 0 fully saturated rings. The van der Waals surface area contributed by atoms with Crippen molar-refractivity contribution in [1.29, 1.82) is 0 Å². The van der Waals surface area contributed by atoms with Crippen LogP contribution in [0.2, 0.25) is 0 Å². The summed E-state index contributed by atoms with van der Waals surface area (Å²) in [6, 6.07) is 7.89. The van der Waals surface area contributed by atoms with Crippen LogP contribution in [0.25, 0.3) is 0 Å². The Labute approximate surface area is 147 Å². The Morgan fingerprint density at radius 3 is 2.88 bits per heavy atom. The molecule has 1 aliphatic rings. The van der Waals surface area contributed by atoms with Gasteiger partial charge in [0.2, 0.25) is 5.13 Å². The Bertz CT molecular complexity index is 895. The summed E-state index contributed by atoms with van der Waals surface area (Å²) < 4.78 is 5.62. The zero-order chi connectivity index (χ0) is 16.7. The number of aryl methyl sites for hydroxylation is 1. The van der Waals surface area contributed by atoms with Crippen LogP contribution in [0.5, 0.6) is 0 Å². The minimum atomic E-state index is -0.0394. The van der Waals surface area contributed by atoms with Crippen LogP contribution in [0.3, 0.4) is 0 Å². The number of hydrogen-bond donors (Lipinski definition) is 0. The molecule has 1 atom stereocenters. The molecule has 0 amide bonds. The molecule has 3 aromatic heterocycles. The third kappa shape index (κ3) is 2.59. The van der Waals surface area contributed by atoms with E-state index >= 15 is 0 Å². The number of ketones is 1. The van der Waals surface area contributed by atoms with E-state index in [1.54, 1.807) is 24.5 Å². The Hall–Kier alpha value is -2.25. The summed E-state index contributed by atoms with van der Waals surface area (Å²) >= 11 is 3.06. The Morgan fingerprint density at radius 1 is 1.38 bits per heavy atom. The second kappa shape index (κ2) is 5.99. The number of hydrogen-bond acceptors (Lipinski definition) is 7. The summed E-state index contributed by atoms with van der Waals surface area (Å²) in [5.41, 5.74) is 1.77. The van der Waals surface area contributed by atoms with E-state index in [0.29, 0.717) is 4.88 Å². The average molecular weight is 357 g/mol. The Balaban J connectivity index is 1.76. The molecule has 4 rings (SSSR count). The lowest BCUT2D eigenvalue weighted by Crippen LogP contribution is -2.17. The molecule has 0 aromatic carbocycles. The van der Waals surface area contributed by atoms with Crippen molar-refractivity contribution in [3.63, 3.8) is 0 Å². The maximum atomic E-state index is 11.8. The van der Waals surface area contributed by atoms with Gasteiger partial charge < -0.3 is 4.42 Å². The van der Waals surface area contributed by atoms with Crippen molar-refractivity contribution < 1.29 is 9.21 Å². The summed E-state index contributed by atoms with van der Waals surface area (Å²) in [4.78, 5) is 18.2. The molecule has 5 nitrogen and oxygen atoms in total. The lowest BCUT2D eigenvalue weighted by atomic mass is 10.1. The van der Waals surface area contributed by atoms with Crippen molar-refractivity contribution in [2.45, 2.75) is 26.3 Å². The maximum Gasteiger partial charge on any atom is 0.207 e.